The summed E-state index contributed by atoms with van der Waals surface area (Å²) in [5.74, 6) is -3.42. The van der Waals surface area contributed by atoms with Crippen molar-refractivity contribution in [2.45, 2.75) is 26.3 Å². The number of halogens is 1. The number of imide groups is 1. The highest BCUT2D eigenvalue weighted by Gasteiger charge is 2.43. The predicted molar refractivity (Wildman–Crippen MR) is 108 cm³/mol. The van der Waals surface area contributed by atoms with Gasteiger partial charge < -0.3 is 9.47 Å². The normalized spacial score (nSPS) is 13.9. The van der Waals surface area contributed by atoms with Crippen LogP contribution in [0.1, 0.15) is 51.3 Å². The van der Waals surface area contributed by atoms with E-state index in [9.17, 15) is 23.6 Å². The second-order valence-electron chi connectivity index (χ2n) is 7.55. The zero-order valence-electron chi connectivity index (χ0n) is 17.4. The van der Waals surface area contributed by atoms with Crippen LogP contribution in [0.4, 0.5) is 4.39 Å². The van der Waals surface area contributed by atoms with E-state index in [1.807, 2.05) is 13.8 Å². The van der Waals surface area contributed by atoms with E-state index < -0.39 is 42.0 Å². The van der Waals surface area contributed by atoms with Gasteiger partial charge in [-0.2, -0.15) is 0 Å². The van der Waals surface area contributed by atoms with Crippen LogP contribution in [-0.4, -0.2) is 48.2 Å². The first-order valence-corrected chi connectivity index (χ1v) is 9.74. The van der Waals surface area contributed by atoms with Gasteiger partial charge in [-0.3, -0.25) is 19.3 Å². The minimum absolute atomic E-state index is 0.00670. The number of fused-ring (bicyclic) bond motifs is 1. The number of carbonyl (C=O) groups is 4. The van der Waals surface area contributed by atoms with Gasteiger partial charge >= 0.3 is 5.97 Å². The molecule has 0 aromatic heterocycles. The van der Waals surface area contributed by atoms with Crippen molar-refractivity contribution in [3.8, 4) is 5.75 Å². The zero-order chi connectivity index (χ0) is 22.7. The number of esters is 1. The Labute approximate surface area is 178 Å². The van der Waals surface area contributed by atoms with Gasteiger partial charge in [0.05, 0.1) is 18.2 Å². The lowest BCUT2D eigenvalue weighted by Crippen LogP contribution is -2.46. The fraction of sp³-hybridized carbons (Fsp3) is 0.304. The third kappa shape index (κ3) is 4.47. The van der Waals surface area contributed by atoms with Gasteiger partial charge in [-0.15, -0.1) is 0 Å². The summed E-state index contributed by atoms with van der Waals surface area (Å²) in [6.07, 6.45) is 0.176. The highest BCUT2D eigenvalue weighted by Crippen LogP contribution is 2.27. The maximum absolute atomic E-state index is 13.8. The standard InChI is InChI=1S/C23H22FNO6/c1-13(2)10-18(25-21(27)15-6-4-5-7-16(15)22(25)28)23(29)31-12-19(26)14-8-9-20(30-3)17(24)11-14/h4-9,11,13,18H,10,12H2,1-3H3. The third-order valence-corrected chi connectivity index (χ3v) is 4.92. The van der Waals surface area contributed by atoms with E-state index >= 15 is 0 Å². The molecule has 7 nitrogen and oxygen atoms in total. The lowest BCUT2D eigenvalue weighted by molar-refractivity contribution is -0.147. The monoisotopic (exact) mass is 427 g/mol. The van der Waals surface area contributed by atoms with Crippen molar-refractivity contribution in [1.29, 1.82) is 0 Å². The average molecular weight is 427 g/mol. The first kappa shape index (κ1) is 22.1. The fourth-order valence-electron chi connectivity index (χ4n) is 3.40. The maximum Gasteiger partial charge on any atom is 0.329 e. The highest BCUT2D eigenvalue weighted by molar-refractivity contribution is 6.22. The van der Waals surface area contributed by atoms with Crippen LogP contribution in [0.15, 0.2) is 42.5 Å². The number of hydrogen-bond donors (Lipinski definition) is 0. The second kappa shape index (κ2) is 9.07. The van der Waals surface area contributed by atoms with E-state index in [0.717, 1.165) is 11.0 Å². The Kier molecular flexibility index (Phi) is 6.48. The van der Waals surface area contributed by atoms with Crippen LogP contribution in [-0.2, 0) is 9.53 Å². The highest BCUT2D eigenvalue weighted by atomic mass is 19.1. The molecule has 2 aromatic carbocycles. The molecule has 0 saturated carbocycles. The summed E-state index contributed by atoms with van der Waals surface area (Å²) in [4.78, 5) is 51.6. The number of rotatable bonds is 8. The summed E-state index contributed by atoms with van der Waals surface area (Å²) in [6.45, 7) is 3.02. The van der Waals surface area contributed by atoms with Crippen molar-refractivity contribution in [3.63, 3.8) is 0 Å². The topological polar surface area (TPSA) is 90.0 Å². The van der Waals surface area contributed by atoms with Gasteiger partial charge in [-0.05, 0) is 42.7 Å². The van der Waals surface area contributed by atoms with Crippen LogP contribution in [0.25, 0.3) is 0 Å². The molecule has 1 heterocycles. The number of Topliss-reactive ketones (excluding diaryl/α,β-unsaturated/α-hetero) is 1. The lowest BCUT2D eigenvalue weighted by atomic mass is 10.0. The van der Waals surface area contributed by atoms with Crippen LogP contribution < -0.4 is 4.74 Å². The Hall–Kier alpha value is -3.55. The number of amides is 2. The van der Waals surface area contributed by atoms with E-state index in [2.05, 4.69) is 0 Å². The van der Waals surface area contributed by atoms with Crippen molar-refractivity contribution < 1.29 is 33.0 Å². The predicted octanol–water partition coefficient (Wildman–Crippen LogP) is 3.27. The number of ether oxygens (including phenoxy) is 2. The molecule has 0 saturated heterocycles. The van der Waals surface area contributed by atoms with E-state index in [1.165, 1.54) is 31.4 Å². The minimum atomic E-state index is -1.17. The molecule has 2 aromatic rings. The maximum atomic E-state index is 13.8. The molecule has 0 radical (unpaired) electrons. The molecule has 8 heteroatoms. The molecule has 1 aliphatic rings. The first-order chi connectivity index (χ1) is 14.7. The largest absolute Gasteiger partial charge is 0.494 e. The molecule has 0 fully saturated rings. The molecular weight excluding hydrogens is 405 g/mol. The van der Waals surface area contributed by atoms with E-state index in [-0.39, 0.29) is 34.8 Å². The van der Waals surface area contributed by atoms with Gasteiger partial charge in [-0.25, -0.2) is 9.18 Å². The number of nitrogens with zero attached hydrogens (tertiary/aromatic N) is 1. The van der Waals surface area contributed by atoms with Gasteiger partial charge in [0.1, 0.15) is 6.04 Å². The van der Waals surface area contributed by atoms with Crippen molar-refractivity contribution in [3.05, 3.63) is 65.0 Å². The number of carbonyl (C=O) groups excluding carboxylic acids is 4. The van der Waals surface area contributed by atoms with E-state index in [1.54, 1.807) is 12.1 Å². The quantitative estimate of drug-likeness (QED) is 0.365. The Morgan fingerprint density at radius 1 is 1.03 bits per heavy atom. The summed E-state index contributed by atoms with van der Waals surface area (Å²) in [6, 6.07) is 8.78. The van der Waals surface area contributed by atoms with Gasteiger partial charge in [0.2, 0.25) is 0 Å². The molecule has 2 amide bonds. The molecule has 3 rings (SSSR count). The van der Waals surface area contributed by atoms with Crippen molar-refractivity contribution in [2.75, 3.05) is 13.7 Å². The van der Waals surface area contributed by atoms with Crippen LogP contribution in [0.3, 0.4) is 0 Å². The summed E-state index contributed by atoms with van der Waals surface area (Å²) in [5.41, 5.74) is 0.449. The summed E-state index contributed by atoms with van der Waals surface area (Å²) < 4.78 is 23.8. The number of ketones is 1. The van der Waals surface area contributed by atoms with Gasteiger partial charge in [0.15, 0.2) is 24.0 Å². The molecule has 31 heavy (non-hydrogen) atoms. The Morgan fingerprint density at radius 3 is 2.16 bits per heavy atom. The number of hydrogen-bond acceptors (Lipinski definition) is 6. The van der Waals surface area contributed by atoms with Crippen LogP contribution in [0, 0.1) is 11.7 Å². The SMILES string of the molecule is COc1ccc(C(=O)COC(=O)C(CC(C)C)N2C(=O)c3ccccc3C2=O)cc1F. The third-order valence-electron chi connectivity index (χ3n) is 4.92. The molecule has 1 atom stereocenters. The smallest absolute Gasteiger partial charge is 0.329 e. The van der Waals surface area contributed by atoms with E-state index in [0.29, 0.717) is 0 Å². The summed E-state index contributed by atoms with van der Waals surface area (Å²) >= 11 is 0. The Morgan fingerprint density at radius 2 is 1.65 bits per heavy atom. The molecule has 1 unspecified atom stereocenters. The van der Waals surface area contributed by atoms with Crippen molar-refractivity contribution in [1.82, 2.24) is 4.90 Å². The van der Waals surface area contributed by atoms with E-state index in [4.69, 9.17) is 9.47 Å². The van der Waals surface area contributed by atoms with Gasteiger partial charge in [-0.1, -0.05) is 26.0 Å². The van der Waals surface area contributed by atoms with Crippen LogP contribution >= 0.6 is 0 Å². The molecule has 0 bridgehead atoms. The van der Waals surface area contributed by atoms with Crippen LogP contribution in [0.2, 0.25) is 0 Å². The Bertz CT molecular complexity index is 1010. The minimum Gasteiger partial charge on any atom is -0.494 e. The molecule has 1 aliphatic heterocycles. The molecular formula is C23H22FNO6. The molecule has 0 N–H and O–H groups in total. The first-order valence-electron chi connectivity index (χ1n) is 9.74. The van der Waals surface area contributed by atoms with Crippen molar-refractivity contribution in [2.24, 2.45) is 5.92 Å². The Balaban J connectivity index is 1.75. The van der Waals surface area contributed by atoms with Crippen LogP contribution in [0.5, 0.6) is 5.75 Å². The molecule has 162 valence electrons. The zero-order valence-corrected chi connectivity index (χ0v) is 17.4. The average Bonchev–Trinajstić information content (AvgIpc) is 3.00. The summed E-state index contributed by atoms with van der Waals surface area (Å²) in [5, 5.41) is 0. The van der Waals surface area contributed by atoms with Gasteiger partial charge in [0.25, 0.3) is 11.8 Å². The lowest BCUT2D eigenvalue weighted by Gasteiger charge is -2.25. The van der Waals surface area contributed by atoms with Crippen molar-refractivity contribution >= 4 is 23.6 Å². The fourth-order valence-corrected chi connectivity index (χ4v) is 3.40. The number of benzene rings is 2. The summed E-state index contributed by atoms with van der Waals surface area (Å²) in [7, 11) is 1.30. The van der Waals surface area contributed by atoms with Gasteiger partial charge in [0, 0.05) is 5.56 Å². The number of methoxy groups -OCH3 is 1. The molecule has 0 spiro atoms. The molecule has 0 aliphatic carbocycles. The second-order valence-corrected chi connectivity index (χ2v) is 7.55.